The fraction of sp³-hybridized carbons (Fsp3) is 0.800. The smallest absolute Gasteiger partial charge is 0.411 e. The minimum absolute atomic E-state index is 0.0794. The van der Waals surface area contributed by atoms with Crippen LogP contribution in [0.3, 0.4) is 0 Å². The van der Waals surface area contributed by atoms with Crippen LogP contribution in [0.25, 0.3) is 0 Å². The van der Waals surface area contributed by atoms with Gasteiger partial charge >= 0.3 is 29.7 Å². The molecule has 0 aliphatic heterocycles. The molecular weight excluding hydrogens is 374 g/mol. The normalized spacial score (nSPS) is 34.1. The SMILES string of the molecule is O=C1C2CC3CC1CC(OC(=O)C(F)(F)C(F)(F)C(F)(F)C(=O)O)(C3)C2. The molecule has 0 aromatic carbocycles. The van der Waals surface area contributed by atoms with Gasteiger partial charge in [-0.15, -0.1) is 0 Å². The van der Waals surface area contributed by atoms with Gasteiger partial charge in [0.1, 0.15) is 11.4 Å². The van der Waals surface area contributed by atoms with Gasteiger partial charge in [-0.05, 0) is 38.0 Å². The number of carboxylic acid groups (broad SMARTS) is 1. The van der Waals surface area contributed by atoms with E-state index in [2.05, 4.69) is 4.74 Å². The van der Waals surface area contributed by atoms with Gasteiger partial charge in [0, 0.05) is 11.8 Å². The highest BCUT2D eigenvalue weighted by Crippen LogP contribution is 2.56. The Kier molecular flexibility index (Phi) is 3.90. The molecule has 0 aromatic rings. The topological polar surface area (TPSA) is 80.7 Å². The fourth-order valence-electron chi connectivity index (χ4n) is 4.52. The first kappa shape index (κ1) is 19.0. The molecule has 11 heteroatoms. The van der Waals surface area contributed by atoms with Crippen LogP contribution >= 0.6 is 0 Å². The summed E-state index contributed by atoms with van der Waals surface area (Å²) in [6, 6.07) is 0. The molecule has 4 aliphatic carbocycles. The van der Waals surface area contributed by atoms with Crippen LogP contribution in [0.1, 0.15) is 32.1 Å². The Hall–Kier alpha value is -1.81. The van der Waals surface area contributed by atoms with Crippen LogP contribution in [0.5, 0.6) is 0 Å². The van der Waals surface area contributed by atoms with E-state index in [-0.39, 0.29) is 31.0 Å². The maximum Gasteiger partial charge on any atom is 0.411 e. The Morgan fingerprint density at radius 2 is 1.46 bits per heavy atom. The van der Waals surface area contributed by atoms with Crippen molar-refractivity contribution in [3.8, 4) is 0 Å². The van der Waals surface area contributed by atoms with Crippen molar-refractivity contribution in [3.05, 3.63) is 0 Å². The third-order valence-corrected chi connectivity index (χ3v) is 5.56. The zero-order chi connectivity index (χ0) is 19.7. The van der Waals surface area contributed by atoms with E-state index < -0.39 is 47.1 Å². The number of carbonyl (C=O) groups is 3. The van der Waals surface area contributed by atoms with Crippen LogP contribution in [0.15, 0.2) is 0 Å². The van der Waals surface area contributed by atoms with Crippen LogP contribution in [0.2, 0.25) is 0 Å². The summed E-state index contributed by atoms with van der Waals surface area (Å²) in [5, 5.41) is 8.10. The molecule has 26 heavy (non-hydrogen) atoms. The zero-order valence-corrected chi connectivity index (χ0v) is 13.1. The Morgan fingerprint density at radius 3 is 1.92 bits per heavy atom. The van der Waals surface area contributed by atoms with Crippen molar-refractivity contribution in [1.82, 2.24) is 0 Å². The van der Waals surface area contributed by atoms with Crippen molar-refractivity contribution < 1.29 is 50.6 Å². The molecule has 2 unspecified atom stereocenters. The van der Waals surface area contributed by atoms with Crippen molar-refractivity contribution in [2.75, 3.05) is 0 Å². The number of ether oxygens (including phenoxy) is 1. The number of Topliss-reactive ketones (excluding diaryl/α,β-unsaturated/α-hetero) is 1. The van der Waals surface area contributed by atoms with Crippen molar-refractivity contribution in [2.24, 2.45) is 17.8 Å². The van der Waals surface area contributed by atoms with Gasteiger partial charge in [-0.1, -0.05) is 0 Å². The molecule has 0 aromatic heterocycles. The second kappa shape index (κ2) is 5.35. The van der Waals surface area contributed by atoms with Crippen molar-refractivity contribution >= 4 is 17.7 Å². The summed E-state index contributed by atoms with van der Waals surface area (Å²) < 4.78 is 85.2. The highest BCUT2D eigenvalue weighted by Gasteiger charge is 2.79. The van der Waals surface area contributed by atoms with E-state index in [0.29, 0.717) is 12.8 Å². The first-order valence-electron chi connectivity index (χ1n) is 7.87. The van der Waals surface area contributed by atoms with Gasteiger partial charge in [0.15, 0.2) is 0 Å². The summed E-state index contributed by atoms with van der Waals surface area (Å²) in [6.07, 6.45) is 0.801. The van der Waals surface area contributed by atoms with E-state index >= 15 is 0 Å². The molecule has 146 valence electrons. The van der Waals surface area contributed by atoms with E-state index in [9.17, 15) is 40.7 Å². The first-order valence-corrected chi connectivity index (χ1v) is 7.87. The largest absolute Gasteiger partial charge is 0.477 e. The van der Waals surface area contributed by atoms with Crippen molar-refractivity contribution in [2.45, 2.75) is 55.5 Å². The Morgan fingerprint density at radius 1 is 0.962 bits per heavy atom. The minimum Gasteiger partial charge on any atom is -0.477 e. The molecule has 4 fully saturated rings. The van der Waals surface area contributed by atoms with E-state index in [0.717, 1.165) is 0 Å². The zero-order valence-electron chi connectivity index (χ0n) is 13.1. The summed E-state index contributed by atoms with van der Waals surface area (Å²) in [5.41, 5.74) is -1.58. The van der Waals surface area contributed by atoms with Crippen LogP contribution in [-0.2, 0) is 19.1 Å². The van der Waals surface area contributed by atoms with Crippen LogP contribution < -0.4 is 0 Å². The number of carboxylic acids is 1. The molecule has 4 saturated carbocycles. The van der Waals surface area contributed by atoms with E-state index in [1.165, 1.54) is 0 Å². The second-order valence-electron chi connectivity index (χ2n) is 7.35. The van der Waals surface area contributed by atoms with Gasteiger partial charge in [0.25, 0.3) is 0 Å². The maximum atomic E-state index is 13.8. The molecule has 4 rings (SSSR count). The molecule has 1 N–H and O–H groups in total. The summed E-state index contributed by atoms with van der Waals surface area (Å²) in [6.45, 7) is 0. The standard InChI is InChI=1S/C15H14F6O5/c16-13(17,10(23)24)15(20,21)14(18,19)11(25)26-12-3-6-1-7(4-12)9(22)8(2-6)5-12/h6-8H,1-5H2,(H,23,24). The quantitative estimate of drug-likeness (QED) is 0.579. The number of hydrogen-bond donors (Lipinski definition) is 1. The van der Waals surface area contributed by atoms with Crippen LogP contribution in [0, 0.1) is 17.8 Å². The third kappa shape index (κ3) is 2.42. The predicted molar refractivity (Wildman–Crippen MR) is 69.9 cm³/mol. The van der Waals surface area contributed by atoms with Gasteiger partial charge in [0.2, 0.25) is 0 Å². The van der Waals surface area contributed by atoms with Gasteiger partial charge in [0.05, 0.1) is 0 Å². The maximum absolute atomic E-state index is 13.8. The number of ketones is 1. The predicted octanol–water partition coefficient (Wildman–Crippen LogP) is 2.67. The number of alkyl halides is 6. The van der Waals surface area contributed by atoms with Gasteiger partial charge < -0.3 is 9.84 Å². The number of aliphatic carboxylic acids is 1. The summed E-state index contributed by atoms with van der Waals surface area (Å²) in [7, 11) is 0. The molecule has 4 bridgehead atoms. The highest BCUT2D eigenvalue weighted by molar-refractivity contribution is 5.87. The first-order chi connectivity index (χ1) is 11.7. The lowest BCUT2D eigenvalue weighted by Gasteiger charge is -2.54. The molecular formula is C15H14F6O5. The molecule has 0 spiro atoms. The number of esters is 1. The van der Waals surface area contributed by atoms with Crippen LogP contribution in [-0.4, -0.2) is 46.2 Å². The number of hydrogen-bond acceptors (Lipinski definition) is 4. The average Bonchev–Trinajstić information content (AvgIpc) is 2.50. The van der Waals surface area contributed by atoms with Crippen molar-refractivity contribution in [1.29, 1.82) is 0 Å². The Balaban J connectivity index is 1.83. The van der Waals surface area contributed by atoms with E-state index in [1.54, 1.807) is 0 Å². The Labute approximate surface area is 142 Å². The van der Waals surface area contributed by atoms with E-state index in [4.69, 9.17) is 5.11 Å². The molecule has 0 saturated heterocycles. The monoisotopic (exact) mass is 388 g/mol. The third-order valence-electron chi connectivity index (χ3n) is 5.56. The number of rotatable bonds is 5. The number of carbonyl (C=O) groups excluding carboxylic acids is 2. The lowest BCUT2D eigenvalue weighted by molar-refractivity contribution is -0.305. The van der Waals surface area contributed by atoms with Crippen LogP contribution in [0.4, 0.5) is 26.3 Å². The highest BCUT2D eigenvalue weighted by atomic mass is 19.3. The summed E-state index contributed by atoms with van der Waals surface area (Å²) >= 11 is 0. The summed E-state index contributed by atoms with van der Waals surface area (Å²) in [4.78, 5) is 33.9. The summed E-state index contributed by atoms with van der Waals surface area (Å²) in [5.74, 6) is -26.4. The lowest BCUT2D eigenvalue weighted by Crippen LogP contribution is -2.64. The fourth-order valence-corrected chi connectivity index (χ4v) is 4.52. The molecule has 5 nitrogen and oxygen atoms in total. The van der Waals surface area contributed by atoms with Gasteiger partial charge in [-0.25, -0.2) is 9.59 Å². The Bertz CT molecular complexity index is 657. The van der Waals surface area contributed by atoms with E-state index in [1.807, 2.05) is 0 Å². The molecule has 0 radical (unpaired) electrons. The second-order valence-corrected chi connectivity index (χ2v) is 7.35. The minimum atomic E-state index is -6.49. The molecule has 0 heterocycles. The number of halogens is 6. The van der Waals surface area contributed by atoms with Gasteiger partial charge in [-0.3, -0.25) is 4.79 Å². The molecule has 0 amide bonds. The van der Waals surface area contributed by atoms with Crippen molar-refractivity contribution in [3.63, 3.8) is 0 Å². The molecule has 4 aliphatic rings. The molecule has 2 atom stereocenters. The van der Waals surface area contributed by atoms with Gasteiger partial charge in [-0.2, -0.15) is 26.3 Å². The average molecular weight is 388 g/mol. The lowest BCUT2D eigenvalue weighted by atomic mass is 9.53.